The van der Waals surface area contributed by atoms with Crippen molar-refractivity contribution in [1.82, 2.24) is 16.0 Å². The summed E-state index contributed by atoms with van der Waals surface area (Å²) < 4.78 is 41.3. The summed E-state index contributed by atoms with van der Waals surface area (Å²) in [6.45, 7) is 6.36. The molecule has 0 radical (unpaired) electrons. The Hall–Kier alpha value is -1.72. The standard InChI is InChI=1S/C17H25F3N4O2.HI/c1-16(2,3)14(25)22-9-10-23-15(21-4)24-11-12-7-5-6-8-13(12)26-17(18,19)20;/h5-8H,9-11H2,1-4H3,(H,22,25)(H2,21,23,24);1H. The molecule has 27 heavy (non-hydrogen) atoms. The van der Waals surface area contributed by atoms with Crippen molar-refractivity contribution in [3.8, 4) is 5.75 Å². The molecule has 0 aromatic heterocycles. The Morgan fingerprint density at radius 3 is 2.22 bits per heavy atom. The van der Waals surface area contributed by atoms with Gasteiger partial charge in [0.1, 0.15) is 5.75 Å². The number of benzene rings is 1. The quantitative estimate of drug-likeness (QED) is 0.242. The Kier molecular flexibility index (Phi) is 10.5. The summed E-state index contributed by atoms with van der Waals surface area (Å²) in [5.74, 6) is 0.0673. The number of nitrogens with one attached hydrogen (secondary N) is 3. The third kappa shape index (κ3) is 10.3. The van der Waals surface area contributed by atoms with Crippen molar-refractivity contribution < 1.29 is 22.7 Å². The first kappa shape index (κ1) is 25.3. The van der Waals surface area contributed by atoms with Crippen LogP contribution in [0.3, 0.4) is 0 Å². The van der Waals surface area contributed by atoms with Crippen LogP contribution >= 0.6 is 24.0 Å². The van der Waals surface area contributed by atoms with Crippen molar-refractivity contribution in [3.63, 3.8) is 0 Å². The first-order valence-corrected chi connectivity index (χ1v) is 8.09. The van der Waals surface area contributed by atoms with Gasteiger partial charge >= 0.3 is 6.36 Å². The molecule has 0 atom stereocenters. The number of halogens is 4. The van der Waals surface area contributed by atoms with E-state index in [9.17, 15) is 18.0 Å². The van der Waals surface area contributed by atoms with Gasteiger partial charge in [0.2, 0.25) is 5.91 Å². The molecule has 0 aliphatic heterocycles. The van der Waals surface area contributed by atoms with Gasteiger partial charge in [0, 0.05) is 37.7 Å². The van der Waals surface area contributed by atoms with Crippen LogP contribution in [0.15, 0.2) is 29.3 Å². The average molecular weight is 502 g/mol. The average Bonchev–Trinajstić information content (AvgIpc) is 2.53. The van der Waals surface area contributed by atoms with Crippen molar-refractivity contribution in [3.05, 3.63) is 29.8 Å². The highest BCUT2D eigenvalue weighted by molar-refractivity contribution is 14.0. The normalized spacial score (nSPS) is 12.0. The predicted octanol–water partition coefficient (Wildman–Crippen LogP) is 3.03. The molecule has 0 spiro atoms. The fraction of sp³-hybridized carbons (Fsp3) is 0.529. The van der Waals surface area contributed by atoms with Crippen LogP contribution < -0.4 is 20.7 Å². The number of alkyl halides is 3. The molecule has 154 valence electrons. The highest BCUT2D eigenvalue weighted by Crippen LogP contribution is 2.25. The molecule has 0 bridgehead atoms. The van der Waals surface area contributed by atoms with Crippen molar-refractivity contribution in [2.75, 3.05) is 20.1 Å². The van der Waals surface area contributed by atoms with Gasteiger partial charge in [0.25, 0.3) is 0 Å². The molecule has 1 rings (SSSR count). The lowest BCUT2D eigenvalue weighted by molar-refractivity contribution is -0.274. The maximum absolute atomic E-state index is 12.4. The molecule has 6 nitrogen and oxygen atoms in total. The second-order valence-corrected chi connectivity index (χ2v) is 6.51. The Morgan fingerprint density at radius 1 is 1.07 bits per heavy atom. The lowest BCUT2D eigenvalue weighted by Gasteiger charge is -2.18. The van der Waals surface area contributed by atoms with Crippen LogP contribution in [-0.4, -0.2) is 38.4 Å². The first-order valence-electron chi connectivity index (χ1n) is 8.09. The molecule has 0 aliphatic rings. The molecule has 0 unspecified atom stereocenters. The fourth-order valence-electron chi connectivity index (χ4n) is 1.90. The minimum absolute atomic E-state index is 0. The summed E-state index contributed by atoms with van der Waals surface area (Å²) in [5, 5.41) is 8.67. The minimum Gasteiger partial charge on any atom is -0.405 e. The van der Waals surface area contributed by atoms with Crippen LogP contribution in [0.5, 0.6) is 5.75 Å². The molecule has 0 saturated heterocycles. The van der Waals surface area contributed by atoms with Gasteiger partial charge < -0.3 is 20.7 Å². The number of hydrogen-bond acceptors (Lipinski definition) is 3. The zero-order chi connectivity index (χ0) is 19.8. The third-order valence-corrected chi connectivity index (χ3v) is 3.25. The fourth-order valence-corrected chi connectivity index (χ4v) is 1.90. The number of carbonyl (C=O) groups is 1. The highest BCUT2D eigenvalue weighted by Gasteiger charge is 2.31. The van der Waals surface area contributed by atoms with Crippen LogP contribution in [-0.2, 0) is 11.3 Å². The van der Waals surface area contributed by atoms with Gasteiger partial charge in [-0.05, 0) is 6.07 Å². The maximum atomic E-state index is 12.4. The lowest BCUT2D eigenvalue weighted by Crippen LogP contribution is -2.43. The van der Waals surface area contributed by atoms with Crippen molar-refractivity contribution in [2.24, 2.45) is 10.4 Å². The molecular weight excluding hydrogens is 476 g/mol. The van der Waals surface area contributed by atoms with Crippen molar-refractivity contribution >= 4 is 35.8 Å². The number of carbonyl (C=O) groups excluding carboxylic acids is 1. The number of hydrogen-bond donors (Lipinski definition) is 3. The molecule has 1 aromatic rings. The molecular formula is C17H26F3IN4O2. The van der Waals surface area contributed by atoms with Crippen LogP contribution in [0.1, 0.15) is 26.3 Å². The molecule has 0 fully saturated rings. The second-order valence-electron chi connectivity index (χ2n) is 6.51. The van der Waals surface area contributed by atoms with Crippen molar-refractivity contribution in [1.29, 1.82) is 0 Å². The predicted molar refractivity (Wildman–Crippen MR) is 109 cm³/mol. The number of amides is 1. The van der Waals surface area contributed by atoms with Crippen LogP contribution in [0.4, 0.5) is 13.2 Å². The summed E-state index contributed by atoms with van der Waals surface area (Å²) in [5.41, 5.74) is -0.129. The number of rotatable bonds is 6. The van der Waals surface area contributed by atoms with Gasteiger partial charge in [-0.3, -0.25) is 9.79 Å². The lowest BCUT2D eigenvalue weighted by atomic mass is 9.96. The Labute approximate surface area is 174 Å². The van der Waals surface area contributed by atoms with E-state index in [1.54, 1.807) is 13.1 Å². The molecule has 0 heterocycles. The third-order valence-electron chi connectivity index (χ3n) is 3.25. The Balaban J connectivity index is 0.00000676. The molecule has 0 saturated carbocycles. The van der Waals surface area contributed by atoms with Crippen LogP contribution in [0.2, 0.25) is 0 Å². The zero-order valence-electron chi connectivity index (χ0n) is 15.7. The number of guanidine groups is 1. The maximum Gasteiger partial charge on any atom is 0.573 e. The molecule has 0 aliphatic carbocycles. The van der Waals surface area contributed by atoms with E-state index in [1.807, 2.05) is 20.8 Å². The van der Waals surface area contributed by atoms with E-state index in [0.29, 0.717) is 24.6 Å². The topological polar surface area (TPSA) is 74.8 Å². The summed E-state index contributed by atoms with van der Waals surface area (Å²) in [4.78, 5) is 15.7. The summed E-state index contributed by atoms with van der Waals surface area (Å²) in [7, 11) is 1.54. The zero-order valence-corrected chi connectivity index (χ0v) is 18.1. The number of nitrogens with zero attached hydrogens (tertiary/aromatic N) is 1. The SMILES string of the molecule is CN=C(NCCNC(=O)C(C)(C)C)NCc1ccccc1OC(F)(F)F.I. The highest BCUT2D eigenvalue weighted by atomic mass is 127. The van der Waals surface area contributed by atoms with Gasteiger partial charge in [0.05, 0.1) is 0 Å². The second kappa shape index (κ2) is 11.2. The van der Waals surface area contributed by atoms with Gasteiger partial charge in [-0.15, -0.1) is 37.1 Å². The molecule has 3 N–H and O–H groups in total. The van der Waals surface area contributed by atoms with Gasteiger partial charge in [-0.2, -0.15) is 0 Å². The van der Waals surface area contributed by atoms with E-state index in [0.717, 1.165) is 0 Å². The Bertz CT molecular complexity index is 631. The minimum atomic E-state index is -4.75. The number of para-hydroxylation sites is 1. The number of ether oxygens (including phenoxy) is 1. The van der Waals surface area contributed by atoms with Crippen LogP contribution in [0, 0.1) is 5.41 Å². The van der Waals surface area contributed by atoms with Gasteiger partial charge in [-0.1, -0.05) is 39.0 Å². The molecule has 10 heteroatoms. The van der Waals surface area contributed by atoms with Gasteiger partial charge in [-0.25, -0.2) is 0 Å². The van der Waals surface area contributed by atoms with E-state index in [4.69, 9.17) is 0 Å². The smallest absolute Gasteiger partial charge is 0.405 e. The monoisotopic (exact) mass is 502 g/mol. The summed E-state index contributed by atoms with van der Waals surface area (Å²) >= 11 is 0. The molecule has 1 aromatic carbocycles. The summed E-state index contributed by atoms with van der Waals surface area (Å²) in [6, 6.07) is 5.88. The summed E-state index contributed by atoms with van der Waals surface area (Å²) in [6.07, 6.45) is -4.75. The number of aliphatic imine (C=N–C) groups is 1. The van der Waals surface area contributed by atoms with E-state index < -0.39 is 11.8 Å². The van der Waals surface area contributed by atoms with E-state index in [-0.39, 0.29) is 42.2 Å². The van der Waals surface area contributed by atoms with Gasteiger partial charge in [0.15, 0.2) is 5.96 Å². The Morgan fingerprint density at radius 2 is 1.67 bits per heavy atom. The van der Waals surface area contributed by atoms with E-state index in [1.165, 1.54) is 18.2 Å². The molecule has 1 amide bonds. The van der Waals surface area contributed by atoms with Crippen LogP contribution in [0.25, 0.3) is 0 Å². The van der Waals surface area contributed by atoms with E-state index >= 15 is 0 Å². The largest absolute Gasteiger partial charge is 0.573 e. The van der Waals surface area contributed by atoms with Crippen molar-refractivity contribution in [2.45, 2.75) is 33.7 Å². The first-order chi connectivity index (χ1) is 12.0. The van der Waals surface area contributed by atoms with E-state index in [2.05, 4.69) is 25.7 Å².